The fourth-order valence-corrected chi connectivity index (χ4v) is 2.44. The van der Waals surface area contributed by atoms with Crippen LogP contribution >= 0.6 is 0 Å². The summed E-state index contributed by atoms with van der Waals surface area (Å²) in [5, 5.41) is 5.51. The van der Waals surface area contributed by atoms with E-state index in [0.29, 0.717) is 16.8 Å². The van der Waals surface area contributed by atoms with Gasteiger partial charge in [0.25, 0.3) is 5.91 Å². The third-order valence-electron chi connectivity index (χ3n) is 3.92. The quantitative estimate of drug-likeness (QED) is 0.793. The maximum absolute atomic E-state index is 12.3. The summed E-state index contributed by atoms with van der Waals surface area (Å²) in [6.07, 6.45) is 1.81. The van der Waals surface area contributed by atoms with E-state index in [1.54, 1.807) is 36.4 Å². The molecule has 1 aliphatic rings. The number of nitrogens with one attached hydrogen (secondary N) is 2. The molecule has 2 amide bonds. The van der Waals surface area contributed by atoms with Crippen LogP contribution in [0.1, 0.15) is 28.8 Å². The lowest BCUT2D eigenvalue weighted by atomic mass is 10.1. The van der Waals surface area contributed by atoms with Crippen molar-refractivity contribution < 1.29 is 23.1 Å². The molecule has 0 bridgehead atoms. The third-order valence-corrected chi connectivity index (χ3v) is 3.92. The number of carbonyl (C=O) groups is 2. The number of anilines is 1. The Morgan fingerprint density at radius 3 is 2.62 bits per heavy atom. The van der Waals surface area contributed by atoms with Crippen LogP contribution in [0.25, 0.3) is 0 Å². The molecule has 0 spiro atoms. The molecule has 7 heteroatoms. The van der Waals surface area contributed by atoms with E-state index in [0.717, 1.165) is 12.8 Å². The van der Waals surface area contributed by atoms with E-state index in [1.807, 2.05) is 0 Å². The van der Waals surface area contributed by atoms with E-state index < -0.39 is 6.61 Å². The van der Waals surface area contributed by atoms with Gasteiger partial charge in [-0.05, 0) is 48.7 Å². The molecular weight excluding hydrogens is 342 g/mol. The van der Waals surface area contributed by atoms with Crippen LogP contribution < -0.4 is 15.4 Å². The van der Waals surface area contributed by atoms with Crippen molar-refractivity contribution >= 4 is 17.5 Å². The highest BCUT2D eigenvalue weighted by Gasteiger charge is 2.29. The van der Waals surface area contributed by atoms with Gasteiger partial charge < -0.3 is 15.4 Å². The van der Waals surface area contributed by atoms with Gasteiger partial charge in [0.2, 0.25) is 5.91 Å². The molecule has 0 saturated heterocycles. The number of halogens is 2. The summed E-state index contributed by atoms with van der Waals surface area (Å²) in [5.74, 6) is -0.238. The molecule has 0 aliphatic heterocycles. The number of rotatable bonds is 7. The first-order valence-electron chi connectivity index (χ1n) is 8.24. The van der Waals surface area contributed by atoms with Crippen molar-refractivity contribution in [2.75, 3.05) is 5.32 Å². The second-order valence-corrected chi connectivity index (χ2v) is 6.05. The van der Waals surface area contributed by atoms with Crippen LogP contribution in [0.2, 0.25) is 0 Å². The monoisotopic (exact) mass is 360 g/mol. The minimum atomic E-state index is -2.89. The lowest BCUT2D eigenvalue weighted by Crippen LogP contribution is -2.23. The zero-order valence-corrected chi connectivity index (χ0v) is 13.9. The molecule has 2 aromatic rings. The molecule has 2 aromatic carbocycles. The Morgan fingerprint density at radius 1 is 1.12 bits per heavy atom. The van der Waals surface area contributed by atoms with Gasteiger partial charge in [-0.15, -0.1) is 0 Å². The van der Waals surface area contributed by atoms with Crippen molar-refractivity contribution in [1.29, 1.82) is 0 Å². The van der Waals surface area contributed by atoms with E-state index in [-0.39, 0.29) is 30.0 Å². The Kier molecular flexibility index (Phi) is 5.46. The van der Waals surface area contributed by atoms with Gasteiger partial charge in [0.05, 0.1) is 0 Å². The average molecular weight is 360 g/mol. The summed E-state index contributed by atoms with van der Waals surface area (Å²) in [5.41, 5.74) is 1.61. The Labute approximate surface area is 149 Å². The topological polar surface area (TPSA) is 67.4 Å². The molecule has 5 nitrogen and oxygen atoms in total. The van der Waals surface area contributed by atoms with Crippen molar-refractivity contribution in [3.05, 3.63) is 59.7 Å². The van der Waals surface area contributed by atoms with Gasteiger partial charge in [0.15, 0.2) is 0 Å². The van der Waals surface area contributed by atoms with Crippen molar-refractivity contribution in [1.82, 2.24) is 5.32 Å². The number of amides is 2. The molecule has 0 radical (unpaired) electrons. The molecule has 1 fully saturated rings. The minimum absolute atomic E-state index is 0.0293. The fraction of sp³-hybridized carbons (Fsp3) is 0.263. The Hall–Kier alpha value is -2.96. The average Bonchev–Trinajstić information content (AvgIpc) is 3.45. The van der Waals surface area contributed by atoms with Crippen LogP contribution in [-0.2, 0) is 11.3 Å². The molecule has 0 atom stereocenters. The minimum Gasteiger partial charge on any atom is -0.435 e. The summed E-state index contributed by atoms with van der Waals surface area (Å²) in [6, 6.07) is 12.8. The molecule has 1 saturated carbocycles. The second-order valence-electron chi connectivity index (χ2n) is 6.05. The smallest absolute Gasteiger partial charge is 0.387 e. The highest BCUT2D eigenvalue weighted by Crippen LogP contribution is 2.30. The van der Waals surface area contributed by atoms with Crippen LogP contribution in [0.3, 0.4) is 0 Å². The zero-order valence-electron chi connectivity index (χ0n) is 13.9. The van der Waals surface area contributed by atoms with Gasteiger partial charge in [-0.1, -0.05) is 18.2 Å². The summed E-state index contributed by atoms with van der Waals surface area (Å²) in [4.78, 5) is 24.1. The predicted molar refractivity (Wildman–Crippen MR) is 92.0 cm³/mol. The van der Waals surface area contributed by atoms with E-state index in [4.69, 9.17) is 0 Å². The summed E-state index contributed by atoms with van der Waals surface area (Å²) in [6.45, 7) is -2.73. The van der Waals surface area contributed by atoms with Crippen molar-refractivity contribution in [2.24, 2.45) is 5.92 Å². The first-order chi connectivity index (χ1) is 12.5. The molecule has 0 heterocycles. The first kappa shape index (κ1) is 17.8. The fourth-order valence-electron chi connectivity index (χ4n) is 2.44. The number of carbonyl (C=O) groups excluding carboxylic acids is 2. The van der Waals surface area contributed by atoms with Crippen LogP contribution in [-0.4, -0.2) is 18.4 Å². The van der Waals surface area contributed by atoms with E-state index >= 15 is 0 Å². The lowest BCUT2D eigenvalue weighted by Gasteiger charge is -2.09. The highest BCUT2D eigenvalue weighted by atomic mass is 19.3. The molecule has 2 N–H and O–H groups in total. The second kappa shape index (κ2) is 7.95. The standard InChI is InChI=1S/C19H18F2N2O3/c20-19(21)26-16-6-1-3-12(9-16)11-22-17(24)14-4-2-5-15(10-14)23-18(25)13-7-8-13/h1-6,9-10,13,19H,7-8,11H2,(H,22,24)(H,23,25). The Bertz CT molecular complexity index is 807. The van der Waals surface area contributed by atoms with Gasteiger partial charge in [0.1, 0.15) is 5.75 Å². The summed E-state index contributed by atoms with van der Waals surface area (Å²) < 4.78 is 28.8. The van der Waals surface area contributed by atoms with Crippen LogP contribution in [0.4, 0.5) is 14.5 Å². The van der Waals surface area contributed by atoms with Crippen molar-refractivity contribution in [3.63, 3.8) is 0 Å². The molecule has 3 rings (SSSR count). The van der Waals surface area contributed by atoms with Crippen LogP contribution in [0.5, 0.6) is 5.75 Å². The molecule has 0 unspecified atom stereocenters. The van der Waals surface area contributed by atoms with Gasteiger partial charge in [-0.25, -0.2) is 0 Å². The molecular formula is C19H18F2N2O3. The number of alkyl halides is 2. The maximum atomic E-state index is 12.3. The molecule has 1 aliphatic carbocycles. The Balaban J connectivity index is 1.58. The van der Waals surface area contributed by atoms with Gasteiger partial charge >= 0.3 is 6.61 Å². The van der Waals surface area contributed by atoms with E-state index in [2.05, 4.69) is 15.4 Å². The van der Waals surface area contributed by atoms with Crippen molar-refractivity contribution in [3.8, 4) is 5.75 Å². The normalized spacial score (nSPS) is 13.3. The van der Waals surface area contributed by atoms with Gasteiger partial charge in [0, 0.05) is 23.7 Å². The largest absolute Gasteiger partial charge is 0.435 e. The van der Waals surface area contributed by atoms with E-state index in [1.165, 1.54) is 12.1 Å². The first-order valence-corrected chi connectivity index (χ1v) is 8.24. The van der Waals surface area contributed by atoms with Gasteiger partial charge in [-0.2, -0.15) is 8.78 Å². The Morgan fingerprint density at radius 2 is 1.88 bits per heavy atom. The molecule has 0 aromatic heterocycles. The summed E-state index contributed by atoms with van der Waals surface area (Å²) in [7, 11) is 0. The van der Waals surface area contributed by atoms with Crippen LogP contribution in [0, 0.1) is 5.92 Å². The van der Waals surface area contributed by atoms with E-state index in [9.17, 15) is 18.4 Å². The SMILES string of the molecule is O=C(NCc1cccc(OC(F)F)c1)c1cccc(NC(=O)C2CC2)c1. The highest BCUT2D eigenvalue weighted by molar-refractivity contribution is 5.98. The third kappa shape index (κ3) is 5.02. The summed E-state index contributed by atoms with van der Waals surface area (Å²) >= 11 is 0. The predicted octanol–water partition coefficient (Wildman–Crippen LogP) is 3.57. The van der Waals surface area contributed by atoms with Crippen molar-refractivity contribution in [2.45, 2.75) is 26.0 Å². The van der Waals surface area contributed by atoms with Crippen LogP contribution in [0.15, 0.2) is 48.5 Å². The number of hydrogen-bond acceptors (Lipinski definition) is 3. The zero-order chi connectivity index (χ0) is 18.5. The number of benzene rings is 2. The molecule has 26 heavy (non-hydrogen) atoms. The number of hydrogen-bond donors (Lipinski definition) is 2. The maximum Gasteiger partial charge on any atom is 0.387 e. The number of ether oxygens (including phenoxy) is 1. The van der Waals surface area contributed by atoms with Gasteiger partial charge in [-0.3, -0.25) is 9.59 Å². The molecule has 136 valence electrons. The lowest BCUT2D eigenvalue weighted by molar-refractivity contribution is -0.117.